The first kappa shape index (κ1) is 42.5. The monoisotopic (exact) mass is 652 g/mol. The summed E-state index contributed by atoms with van der Waals surface area (Å²) >= 11 is 0. The predicted octanol–water partition coefficient (Wildman–Crippen LogP) is 10.8. The van der Waals surface area contributed by atoms with E-state index in [0.717, 1.165) is 94.1 Å². The van der Waals surface area contributed by atoms with Gasteiger partial charge in [-0.1, -0.05) is 91.9 Å². The first-order chi connectivity index (χ1) is 22.8. The fourth-order valence-electron chi connectivity index (χ4n) is 5.94. The van der Waals surface area contributed by atoms with Crippen LogP contribution in [0, 0.1) is 5.92 Å². The zero-order valence-corrected chi connectivity index (χ0v) is 32.0. The molecule has 268 valence electrons. The van der Waals surface area contributed by atoms with Gasteiger partial charge in [-0.25, -0.2) is 0 Å². The first-order valence-electron chi connectivity index (χ1n) is 19.2. The summed E-state index contributed by atoms with van der Waals surface area (Å²) < 4.78 is 5.44. The average molecular weight is 652 g/mol. The van der Waals surface area contributed by atoms with Gasteiger partial charge in [-0.2, -0.15) is 0 Å². The number of methoxy groups -OCH3 is 1. The van der Waals surface area contributed by atoms with Crippen molar-refractivity contribution in [3.63, 3.8) is 0 Å². The molecule has 1 amide bonds. The maximum atomic E-state index is 12.8. The zero-order valence-electron chi connectivity index (χ0n) is 32.0. The molecule has 0 unspecified atom stereocenters. The number of allylic oxidation sites excluding steroid dienone is 4. The summed E-state index contributed by atoms with van der Waals surface area (Å²) in [4.78, 5) is 17.2. The molecule has 0 aliphatic heterocycles. The second kappa shape index (κ2) is 26.4. The van der Waals surface area contributed by atoms with Gasteiger partial charge in [-0.05, 0) is 113 Å². The van der Waals surface area contributed by atoms with Crippen molar-refractivity contribution in [2.24, 2.45) is 5.92 Å². The second-order valence-corrected chi connectivity index (χ2v) is 13.4. The number of unbranched alkanes of at least 4 members (excludes halogenated alkanes) is 3. The Bertz CT molecular complexity index is 1060. The molecule has 0 saturated heterocycles. The van der Waals surface area contributed by atoms with E-state index in [1.165, 1.54) is 62.6 Å². The molecular weight excluding hydrogens is 578 g/mol. The summed E-state index contributed by atoms with van der Waals surface area (Å²) in [6, 6.07) is 7.06. The molecule has 1 saturated carbocycles. The van der Waals surface area contributed by atoms with Crippen LogP contribution in [0.5, 0.6) is 0 Å². The van der Waals surface area contributed by atoms with E-state index in [4.69, 9.17) is 4.74 Å². The minimum Gasteiger partial charge on any atom is -0.501 e. The largest absolute Gasteiger partial charge is 0.501 e. The van der Waals surface area contributed by atoms with Crippen molar-refractivity contribution in [2.75, 3.05) is 45.2 Å². The van der Waals surface area contributed by atoms with E-state index in [1.807, 2.05) is 11.9 Å². The molecule has 0 aromatic heterocycles. The van der Waals surface area contributed by atoms with Gasteiger partial charge in [0.1, 0.15) is 0 Å². The lowest BCUT2D eigenvalue weighted by Crippen LogP contribution is -2.34. The number of hydrogen-bond donors (Lipinski definition) is 1. The van der Waals surface area contributed by atoms with E-state index in [-0.39, 0.29) is 5.91 Å². The van der Waals surface area contributed by atoms with Gasteiger partial charge in [0.15, 0.2) is 0 Å². The van der Waals surface area contributed by atoms with Crippen molar-refractivity contribution in [3.8, 4) is 0 Å². The van der Waals surface area contributed by atoms with Gasteiger partial charge >= 0.3 is 0 Å². The van der Waals surface area contributed by atoms with Crippen LogP contribution in [0.2, 0.25) is 0 Å². The number of rotatable bonds is 25. The average Bonchev–Trinajstić information content (AvgIpc) is 3.89. The predicted molar refractivity (Wildman–Crippen MR) is 206 cm³/mol. The standard InChI is InChI=1S/C22H35N.C20H38N2O2/c1-5-7-16-23(18(3)4)22-15-14-20(6-2)21(17-22)11-9-8-10-19-12-13-19;1-6-9-14-22(15-10-13-21-4)20(23)17-18(11-7-2)16-19(24-5)12-8-3/h14-15,17,19H,3,5-13,16H2,1-2,4H3;11,16,21H,6-10,12-15,17H2,1-5H3/b;18-11+,19-16+. The number of amides is 1. The normalized spacial score (nSPS) is 13.2. The van der Waals surface area contributed by atoms with Crippen LogP contribution < -0.4 is 10.2 Å². The minimum atomic E-state index is 0.224. The van der Waals surface area contributed by atoms with Crippen LogP contribution in [0.25, 0.3) is 0 Å². The van der Waals surface area contributed by atoms with Crippen LogP contribution >= 0.6 is 0 Å². The second-order valence-electron chi connectivity index (χ2n) is 13.4. The molecule has 0 bridgehead atoms. The summed E-state index contributed by atoms with van der Waals surface area (Å²) in [5, 5.41) is 3.15. The van der Waals surface area contributed by atoms with Gasteiger partial charge in [0.2, 0.25) is 5.91 Å². The van der Waals surface area contributed by atoms with Crippen molar-refractivity contribution < 1.29 is 9.53 Å². The Kier molecular flexibility index (Phi) is 23.9. The van der Waals surface area contributed by atoms with Crippen LogP contribution in [0.3, 0.4) is 0 Å². The third kappa shape index (κ3) is 18.6. The topological polar surface area (TPSA) is 44.8 Å². The fraction of sp³-hybridized carbons (Fsp3) is 0.690. The third-order valence-corrected chi connectivity index (χ3v) is 9.00. The van der Waals surface area contributed by atoms with E-state index in [9.17, 15) is 4.79 Å². The van der Waals surface area contributed by atoms with Gasteiger partial charge in [0.25, 0.3) is 0 Å². The van der Waals surface area contributed by atoms with Gasteiger partial charge < -0.3 is 19.9 Å². The van der Waals surface area contributed by atoms with Crippen molar-refractivity contribution in [3.05, 3.63) is 65.1 Å². The smallest absolute Gasteiger partial charge is 0.226 e. The molecule has 5 nitrogen and oxygen atoms in total. The number of ether oxygens (including phenoxy) is 1. The highest BCUT2D eigenvalue weighted by atomic mass is 16.5. The Morgan fingerprint density at radius 2 is 1.66 bits per heavy atom. The number of hydrogen-bond acceptors (Lipinski definition) is 4. The van der Waals surface area contributed by atoms with Crippen molar-refractivity contribution >= 4 is 11.6 Å². The molecule has 1 N–H and O–H groups in total. The van der Waals surface area contributed by atoms with Crippen LogP contribution in [-0.2, 0) is 22.4 Å². The van der Waals surface area contributed by atoms with Gasteiger partial charge in [0, 0.05) is 37.4 Å². The zero-order chi connectivity index (χ0) is 34.9. The van der Waals surface area contributed by atoms with Crippen molar-refractivity contribution in [1.29, 1.82) is 0 Å². The molecule has 1 aromatic carbocycles. The highest BCUT2D eigenvalue weighted by molar-refractivity contribution is 5.79. The van der Waals surface area contributed by atoms with E-state index < -0.39 is 0 Å². The maximum Gasteiger partial charge on any atom is 0.226 e. The Morgan fingerprint density at radius 3 is 2.23 bits per heavy atom. The molecule has 1 aromatic rings. The van der Waals surface area contributed by atoms with Crippen molar-refractivity contribution in [1.82, 2.24) is 10.2 Å². The first-order valence-corrected chi connectivity index (χ1v) is 19.2. The van der Waals surface area contributed by atoms with Crippen LogP contribution in [-0.4, -0.2) is 51.1 Å². The molecule has 47 heavy (non-hydrogen) atoms. The molecule has 0 radical (unpaired) electrons. The summed E-state index contributed by atoms with van der Waals surface area (Å²) in [5.74, 6) is 2.25. The molecule has 1 aliphatic carbocycles. The maximum absolute atomic E-state index is 12.8. The highest BCUT2D eigenvalue weighted by Crippen LogP contribution is 2.34. The fourth-order valence-corrected chi connectivity index (χ4v) is 5.94. The van der Waals surface area contributed by atoms with E-state index in [1.54, 1.807) is 12.7 Å². The molecular formula is C42H73N3O2. The highest BCUT2D eigenvalue weighted by Gasteiger charge is 2.20. The summed E-state index contributed by atoms with van der Waals surface area (Å²) in [6.07, 6.45) is 22.7. The number of aryl methyl sites for hydroxylation is 2. The lowest BCUT2D eigenvalue weighted by atomic mass is 9.98. The van der Waals surface area contributed by atoms with Crippen molar-refractivity contribution in [2.45, 2.75) is 144 Å². The van der Waals surface area contributed by atoms with E-state index in [0.29, 0.717) is 6.42 Å². The Balaban J connectivity index is 0.000000470. The van der Waals surface area contributed by atoms with Gasteiger partial charge in [-0.3, -0.25) is 4.79 Å². The van der Waals surface area contributed by atoms with Gasteiger partial charge in [-0.15, -0.1) is 0 Å². The quantitative estimate of drug-likeness (QED) is 0.0649. The molecule has 0 atom stereocenters. The summed E-state index contributed by atoms with van der Waals surface area (Å²) in [5.41, 5.74) is 6.64. The van der Waals surface area contributed by atoms with Crippen LogP contribution in [0.1, 0.15) is 143 Å². The molecule has 1 aliphatic rings. The molecule has 2 rings (SSSR count). The van der Waals surface area contributed by atoms with Crippen LogP contribution in [0.4, 0.5) is 5.69 Å². The third-order valence-electron chi connectivity index (χ3n) is 9.00. The summed E-state index contributed by atoms with van der Waals surface area (Å²) in [6.45, 7) is 20.9. The molecule has 1 fully saturated rings. The Morgan fingerprint density at radius 1 is 0.957 bits per heavy atom. The Labute approximate surface area is 291 Å². The Hall–Kier alpha value is -2.53. The van der Waals surface area contributed by atoms with Gasteiger partial charge in [0.05, 0.1) is 19.3 Å². The SMILES string of the molecule is C=C(C)N(CCCC)c1ccc(CC)c(CCCCC2CC2)c1.CC/C=C(\C=C(/CCC)OC)CC(=O)N(CCCC)CCCNC. The number of nitrogens with one attached hydrogen (secondary N) is 1. The molecule has 0 spiro atoms. The number of carbonyl (C=O) groups is 1. The summed E-state index contributed by atoms with van der Waals surface area (Å²) in [7, 11) is 3.66. The lowest BCUT2D eigenvalue weighted by Gasteiger charge is -2.26. The number of anilines is 1. The minimum absolute atomic E-state index is 0.224. The van der Waals surface area contributed by atoms with Crippen LogP contribution in [0.15, 0.2) is 54.0 Å². The van der Waals surface area contributed by atoms with E-state index >= 15 is 0 Å². The number of carbonyl (C=O) groups excluding carboxylic acids is 1. The molecule has 5 heteroatoms. The number of nitrogens with zero attached hydrogens (tertiary/aromatic N) is 2. The lowest BCUT2D eigenvalue weighted by molar-refractivity contribution is -0.130. The molecule has 0 heterocycles. The number of benzene rings is 1. The van der Waals surface area contributed by atoms with E-state index in [2.05, 4.69) is 88.7 Å².